The Morgan fingerprint density at radius 1 is 0.944 bits per heavy atom. The van der Waals surface area contributed by atoms with E-state index in [1.807, 2.05) is 42.5 Å². The van der Waals surface area contributed by atoms with E-state index in [9.17, 15) is 4.79 Å². The molecule has 2 N–H and O–H groups in total. The topological polar surface area (TPSA) is 41.1 Å². The Hall–Kier alpha value is -2.00. The van der Waals surface area contributed by atoms with E-state index in [4.69, 9.17) is 11.6 Å². The highest BCUT2D eigenvalue weighted by atomic mass is 35.5. The van der Waals surface area contributed by atoms with Crippen LogP contribution in [-0.2, 0) is 0 Å². The number of para-hydroxylation sites is 1. The summed E-state index contributed by atoms with van der Waals surface area (Å²) in [6, 6.07) is 14.9. The Morgan fingerprint density at radius 2 is 1.67 bits per heavy atom. The third-order valence-electron chi connectivity index (χ3n) is 2.96. The molecule has 0 aromatic heterocycles. The van der Waals surface area contributed by atoms with Gasteiger partial charge in [-0.05, 0) is 18.2 Å². The number of anilines is 1. The van der Waals surface area contributed by atoms with Gasteiger partial charge in [0.1, 0.15) is 6.17 Å². The summed E-state index contributed by atoms with van der Waals surface area (Å²) in [7, 11) is 0. The molecule has 1 aliphatic heterocycles. The molecule has 4 heteroatoms. The highest BCUT2D eigenvalue weighted by Crippen LogP contribution is 2.29. The van der Waals surface area contributed by atoms with Gasteiger partial charge in [0.05, 0.1) is 5.56 Å². The van der Waals surface area contributed by atoms with E-state index >= 15 is 0 Å². The van der Waals surface area contributed by atoms with Gasteiger partial charge < -0.3 is 10.6 Å². The van der Waals surface area contributed by atoms with E-state index < -0.39 is 0 Å². The Labute approximate surface area is 110 Å². The molecule has 0 saturated carbocycles. The van der Waals surface area contributed by atoms with E-state index in [0.29, 0.717) is 10.6 Å². The largest absolute Gasteiger partial charge is 0.361 e. The third kappa shape index (κ3) is 1.83. The minimum Gasteiger partial charge on any atom is -0.361 e. The van der Waals surface area contributed by atoms with Crippen LogP contribution in [0.1, 0.15) is 22.1 Å². The summed E-state index contributed by atoms with van der Waals surface area (Å²) >= 11 is 6.14. The minimum atomic E-state index is -0.291. The van der Waals surface area contributed by atoms with Crippen LogP contribution in [-0.4, -0.2) is 5.91 Å². The van der Waals surface area contributed by atoms with Crippen molar-refractivity contribution in [3.05, 3.63) is 64.7 Å². The van der Waals surface area contributed by atoms with Crippen LogP contribution in [0.3, 0.4) is 0 Å². The number of hydrogen-bond donors (Lipinski definition) is 2. The smallest absolute Gasteiger partial charge is 0.255 e. The van der Waals surface area contributed by atoms with Crippen LogP contribution >= 0.6 is 11.6 Å². The summed E-state index contributed by atoms with van der Waals surface area (Å²) < 4.78 is 0. The number of nitrogens with one attached hydrogen (secondary N) is 2. The quantitative estimate of drug-likeness (QED) is 0.825. The van der Waals surface area contributed by atoms with Crippen LogP contribution in [0.4, 0.5) is 5.69 Å². The molecular formula is C14H11ClN2O. The SMILES string of the molecule is O=C1N[C@H](c2ccccc2Cl)Nc2ccccc21. The predicted octanol–water partition coefficient (Wildman–Crippen LogP) is 3.19. The second-order valence-corrected chi connectivity index (χ2v) is 4.53. The Balaban J connectivity index is 2.00. The molecule has 0 radical (unpaired) electrons. The van der Waals surface area contributed by atoms with Crippen LogP contribution in [0.5, 0.6) is 0 Å². The molecule has 0 fully saturated rings. The first-order valence-corrected chi connectivity index (χ1v) is 6.04. The Kier molecular flexibility index (Phi) is 2.68. The van der Waals surface area contributed by atoms with E-state index in [1.54, 1.807) is 6.07 Å². The number of carbonyl (C=O) groups excluding carboxylic acids is 1. The second kappa shape index (κ2) is 4.35. The maximum absolute atomic E-state index is 12.0. The zero-order chi connectivity index (χ0) is 12.5. The van der Waals surface area contributed by atoms with Crippen LogP contribution in [0.2, 0.25) is 5.02 Å². The van der Waals surface area contributed by atoms with Gasteiger partial charge >= 0.3 is 0 Å². The van der Waals surface area contributed by atoms with Crippen molar-refractivity contribution in [2.75, 3.05) is 5.32 Å². The highest BCUT2D eigenvalue weighted by Gasteiger charge is 2.25. The molecule has 0 bridgehead atoms. The standard InChI is InChI=1S/C14H11ClN2O/c15-11-7-3-1-5-9(11)13-16-12-8-4-2-6-10(12)14(18)17-13/h1-8,13,16H,(H,17,18)/t13-/m1/s1. The van der Waals surface area contributed by atoms with Crippen molar-refractivity contribution in [3.8, 4) is 0 Å². The maximum Gasteiger partial charge on any atom is 0.255 e. The number of rotatable bonds is 1. The molecule has 1 atom stereocenters. The molecule has 3 rings (SSSR count). The molecule has 0 aliphatic carbocycles. The fraction of sp³-hybridized carbons (Fsp3) is 0.0714. The van der Waals surface area contributed by atoms with Gasteiger partial charge in [0.25, 0.3) is 5.91 Å². The van der Waals surface area contributed by atoms with Gasteiger partial charge in [-0.1, -0.05) is 41.9 Å². The molecule has 0 unspecified atom stereocenters. The summed E-state index contributed by atoms with van der Waals surface area (Å²) in [5, 5.41) is 6.80. The average Bonchev–Trinajstić information content (AvgIpc) is 2.39. The summed E-state index contributed by atoms with van der Waals surface area (Å²) in [5.41, 5.74) is 2.34. The van der Waals surface area contributed by atoms with Crippen molar-refractivity contribution in [2.24, 2.45) is 0 Å². The molecule has 2 aromatic carbocycles. The van der Waals surface area contributed by atoms with Crippen molar-refractivity contribution in [3.63, 3.8) is 0 Å². The highest BCUT2D eigenvalue weighted by molar-refractivity contribution is 6.31. The summed E-state index contributed by atoms with van der Waals surface area (Å²) in [6.07, 6.45) is -0.291. The lowest BCUT2D eigenvalue weighted by Gasteiger charge is -2.28. The van der Waals surface area contributed by atoms with Gasteiger partial charge in [0.15, 0.2) is 0 Å². The lowest BCUT2D eigenvalue weighted by Crippen LogP contribution is -2.38. The summed E-state index contributed by atoms with van der Waals surface area (Å²) in [4.78, 5) is 12.0. The fourth-order valence-corrected chi connectivity index (χ4v) is 2.32. The molecule has 0 spiro atoms. The van der Waals surface area contributed by atoms with Gasteiger partial charge in [-0.15, -0.1) is 0 Å². The lowest BCUT2D eigenvalue weighted by molar-refractivity contribution is 0.0936. The molecule has 90 valence electrons. The number of hydrogen-bond acceptors (Lipinski definition) is 2. The molecule has 0 saturated heterocycles. The zero-order valence-corrected chi connectivity index (χ0v) is 10.2. The van der Waals surface area contributed by atoms with Gasteiger partial charge in [-0.2, -0.15) is 0 Å². The normalized spacial score (nSPS) is 17.6. The number of carbonyl (C=O) groups is 1. The van der Waals surface area contributed by atoms with Gasteiger partial charge in [-0.25, -0.2) is 0 Å². The summed E-state index contributed by atoms with van der Waals surface area (Å²) in [5.74, 6) is -0.0886. The molecule has 1 amide bonds. The molecule has 1 aliphatic rings. The molecular weight excluding hydrogens is 248 g/mol. The minimum absolute atomic E-state index is 0.0886. The van der Waals surface area contributed by atoms with Gasteiger partial charge in [0.2, 0.25) is 0 Å². The first-order chi connectivity index (χ1) is 8.75. The van der Waals surface area contributed by atoms with E-state index in [1.165, 1.54) is 0 Å². The average molecular weight is 259 g/mol. The monoisotopic (exact) mass is 258 g/mol. The predicted molar refractivity (Wildman–Crippen MR) is 71.7 cm³/mol. The van der Waals surface area contributed by atoms with E-state index in [2.05, 4.69) is 10.6 Å². The number of amides is 1. The molecule has 18 heavy (non-hydrogen) atoms. The number of fused-ring (bicyclic) bond motifs is 1. The summed E-state index contributed by atoms with van der Waals surface area (Å²) in [6.45, 7) is 0. The third-order valence-corrected chi connectivity index (χ3v) is 3.31. The van der Waals surface area contributed by atoms with Crippen molar-refractivity contribution in [2.45, 2.75) is 6.17 Å². The second-order valence-electron chi connectivity index (χ2n) is 4.12. The first-order valence-electron chi connectivity index (χ1n) is 5.66. The number of halogens is 1. The van der Waals surface area contributed by atoms with Gasteiger partial charge in [0, 0.05) is 16.3 Å². The van der Waals surface area contributed by atoms with Crippen LogP contribution < -0.4 is 10.6 Å². The first kappa shape index (κ1) is 11.1. The molecule has 3 nitrogen and oxygen atoms in total. The number of benzene rings is 2. The molecule has 1 heterocycles. The molecule has 2 aromatic rings. The van der Waals surface area contributed by atoms with Crippen molar-refractivity contribution in [1.29, 1.82) is 0 Å². The maximum atomic E-state index is 12.0. The zero-order valence-electron chi connectivity index (χ0n) is 9.48. The van der Waals surface area contributed by atoms with Crippen molar-refractivity contribution < 1.29 is 4.79 Å². The Bertz CT molecular complexity index is 612. The fourth-order valence-electron chi connectivity index (χ4n) is 2.07. The van der Waals surface area contributed by atoms with Crippen LogP contribution in [0.15, 0.2) is 48.5 Å². The van der Waals surface area contributed by atoms with Crippen LogP contribution in [0.25, 0.3) is 0 Å². The van der Waals surface area contributed by atoms with Crippen molar-refractivity contribution in [1.82, 2.24) is 5.32 Å². The lowest BCUT2D eigenvalue weighted by atomic mass is 10.1. The van der Waals surface area contributed by atoms with Crippen molar-refractivity contribution >= 4 is 23.2 Å². The Morgan fingerprint density at radius 3 is 2.50 bits per heavy atom. The van der Waals surface area contributed by atoms with E-state index in [-0.39, 0.29) is 12.1 Å². The van der Waals surface area contributed by atoms with E-state index in [0.717, 1.165) is 11.3 Å². The van der Waals surface area contributed by atoms with Crippen LogP contribution in [0, 0.1) is 0 Å². The van der Waals surface area contributed by atoms with Gasteiger partial charge in [-0.3, -0.25) is 4.79 Å².